The molecule has 0 bridgehead atoms. The quantitative estimate of drug-likeness (QED) is 0.0672. The van der Waals surface area contributed by atoms with Gasteiger partial charge in [0.2, 0.25) is 0 Å². The first-order chi connectivity index (χ1) is 20.4. The molecule has 0 fully saturated rings. The molecule has 0 unspecified atom stereocenters. The van der Waals surface area contributed by atoms with Gasteiger partial charge < -0.3 is 4.74 Å². The Morgan fingerprint density at radius 1 is 0.628 bits per heavy atom. The van der Waals surface area contributed by atoms with Crippen LogP contribution in [0.5, 0.6) is 11.5 Å². The largest absolute Gasteiger partial charge is 0.457 e. The third kappa shape index (κ3) is 14.2. The molecule has 2 rings (SSSR count). The van der Waals surface area contributed by atoms with Gasteiger partial charge in [0, 0.05) is 32.4 Å². The van der Waals surface area contributed by atoms with Crippen LogP contribution in [0.1, 0.15) is 60.8 Å². The number of nitrogens with zero attached hydrogens (tertiary/aromatic N) is 2. The molecule has 2 aromatic rings. The molecule has 0 aliphatic heterocycles. The number of alkyl halides is 6. The Hall–Kier alpha value is -1.80. The van der Waals surface area contributed by atoms with Gasteiger partial charge in [-0.05, 0) is 99.2 Å². The number of ether oxygens (including phenoxy) is 1. The summed E-state index contributed by atoms with van der Waals surface area (Å²) in [5, 5.41) is 21.5. The first kappa shape index (κ1) is 37.4. The number of rotatable bonds is 18. The first-order valence-corrected chi connectivity index (χ1v) is 17.6. The summed E-state index contributed by atoms with van der Waals surface area (Å²) in [6.07, 6.45) is -3.30. The van der Waals surface area contributed by atoms with Crippen molar-refractivity contribution in [3.63, 3.8) is 0 Å². The Balaban J connectivity index is 2.46. The van der Waals surface area contributed by atoms with Crippen molar-refractivity contribution >= 4 is 47.0 Å². The van der Waals surface area contributed by atoms with Crippen LogP contribution in [-0.4, -0.2) is 35.4 Å². The van der Waals surface area contributed by atoms with Gasteiger partial charge >= 0.3 is 12.4 Å². The highest BCUT2D eigenvalue weighted by atomic mass is 32.2. The summed E-state index contributed by atoms with van der Waals surface area (Å²) in [7, 11) is 0. The minimum atomic E-state index is -4.36. The summed E-state index contributed by atoms with van der Waals surface area (Å²) in [6.45, 7) is 3.51. The van der Waals surface area contributed by atoms with E-state index in [2.05, 4.69) is 0 Å². The maximum absolute atomic E-state index is 13.2. The van der Waals surface area contributed by atoms with Crippen LogP contribution >= 0.6 is 47.0 Å². The highest BCUT2D eigenvalue weighted by Gasteiger charge is 2.30. The number of unbranched alkanes of at least 4 members (excludes halogenated alkanes) is 4. The maximum Gasteiger partial charge on any atom is 0.398 e. The molecule has 0 N–H and O–H groups in total. The number of benzene rings is 2. The van der Waals surface area contributed by atoms with Gasteiger partial charge in [0.15, 0.2) is 0 Å². The molecule has 0 aromatic heterocycles. The first-order valence-electron chi connectivity index (χ1n) is 13.7. The summed E-state index contributed by atoms with van der Waals surface area (Å²) >= 11 is 3.75. The van der Waals surface area contributed by atoms with E-state index < -0.39 is 23.9 Å². The van der Waals surface area contributed by atoms with Crippen molar-refractivity contribution in [2.24, 2.45) is 0 Å². The zero-order valence-corrected chi connectivity index (χ0v) is 27.3. The molecule has 13 heteroatoms. The fraction of sp³-hybridized carbons (Fsp3) is 0.533. The van der Waals surface area contributed by atoms with Gasteiger partial charge in [-0.1, -0.05) is 25.0 Å². The van der Waals surface area contributed by atoms with Gasteiger partial charge in [-0.15, -0.1) is 23.5 Å². The smallest absolute Gasteiger partial charge is 0.398 e. The van der Waals surface area contributed by atoms with E-state index >= 15 is 0 Å². The number of thioether (sulfide) groups is 4. The van der Waals surface area contributed by atoms with Gasteiger partial charge in [-0.3, -0.25) is 0 Å². The molecular formula is C30H34F6N2OS4. The fourth-order valence-corrected chi connectivity index (χ4v) is 7.18. The van der Waals surface area contributed by atoms with E-state index in [1.807, 2.05) is 10.8 Å². The lowest BCUT2D eigenvalue weighted by Gasteiger charge is -2.21. The number of hydrogen-bond acceptors (Lipinski definition) is 7. The van der Waals surface area contributed by atoms with E-state index in [1.54, 1.807) is 38.1 Å². The monoisotopic (exact) mass is 680 g/mol. The number of aryl methyl sites for hydroxylation is 2. The lowest BCUT2D eigenvalue weighted by atomic mass is 10.0. The second-order valence-corrected chi connectivity index (χ2v) is 13.5. The van der Waals surface area contributed by atoms with Crippen molar-refractivity contribution in [1.29, 1.82) is 10.5 Å². The second-order valence-electron chi connectivity index (χ2n) is 9.79. The van der Waals surface area contributed by atoms with Crippen LogP contribution in [-0.2, 0) is 12.8 Å². The lowest BCUT2D eigenvalue weighted by molar-refractivity contribution is -0.106. The molecule has 236 valence electrons. The molecular weight excluding hydrogens is 647 g/mol. The van der Waals surface area contributed by atoms with Crippen molar-refractivity contribution in [3.8, 4) is 22.3 Å². The Labute approximate surface area is 266 Å². The second kappa shape index (κ2) is 18.9. The van der Waals surface area contributed by atoms with Crippen LogP contribution in [0.25, 0.3) is 0 Å². The summed E-state index contributed by atoms with van der Waals surface area (Å²) in [6, 6.07) is 6.86. The van der Waals surface area contributed by atoms with E-state index in [4.69, 9.17) is 15.3 Å². The minimum absolute atomic E-state index is 0.393. The Kier molecular flexibility index (Phi) is 16.4. The molecule has 0 amide bonds. The molecule has 43 heavy (non-hydrogen) atoms. The highest BCUT2D eigenvalue weighted by molar-refractivity contribution is 8.03. The van der Waals surface area contributed by atoms with Crippen LogP contribution in [0, 0.1) is 35.2 Å². The molecule has 2 aromatic carbocycles. The Morgan fingerprint density at radius 2 is 1.02 bits per heavy atom. The molecule has 0 heterocycles. The molecule has 0 radical (unpaired) electrons. The van der Waals surface area contributed by atoms with Crippen molar-refractivity contribution in [2.45, 2.75) is 87.4 Å². The van der Waals surface area contributed by atoms with Crippen molar-refractivity contribution in [1.82, 2.24) is 0 Å². The zero-order valence-electron chi connectivity index (χ0n) is 24.0. The van der Waals surface area contributed by atoms with Crippen LogP contribution in [0.4, 0.5) is 26.3 Å². The topological polar surface area (TPSA) is 56.8 Å². The summed E-state index contributed by atoms with van der Waals surface area (Å²) in [5.74, 6) is 0.0170. The molecule has 0 aliphatic carbocycles. The summed E-state index contributed by atoms with van der Waals surface area (Å²) < 4.78 is 85.6. The van der Waals surface area contributed by atoms with Crippen LogP contribution in [0.15, 0.2) is 34.1 Å². The number of nitriles is 2. The van der Waals surface area contributed by atoms with Gasteiger partial charge in [0.05, 0.1) is 11.5 Å². The van der Waals surface area contributed by atoms with Gasteiger partial charge in [-0.2, -0.15) is 36.9 Å². The third-order valence-corrected chi connectivity index (χ3v) is 10.2. The fourth-order valence-electron chi connectivity index (χ4n) is 4.34. The average Bonchev–Trinajstić information content (AvgIpc) is 2.92. The molecule has 0 spiro atoms. The van der Waals surface area contributed by atoms with Crippen LogP contribution < -0.4 is 4.74 Å². The van der Waals surface area contributed by atoms with Crippen molar-refractivity contribution in [3.05, 3.63) is 46.5 Å². The normalized spacial score (nSPS) is 11.8. The molecule has 0 saturated carbocycles. The van der Waals surface area contributed by atoms with E-state index in [9.17, 15) is 26.3 Å². The van der Waals surface area contributed by atoms with E-state index in [-0.39, 0.29) is 0 Å². The molecule has 0 aliphatic rings. The summed E-state index contributed by atoms with van der Waals surface area (Å²) in [4.78, 5) is 0.994. The number of thiocyanates is 2. The SMILES string of the molecule is Cc1ccc(Oc2ccc(C)c(SCC(F)(F)F)c2CCCCCSC#N)c(CCCCCSC#N)c1SCC(F)(F)F. The average molecular weight is 681 g/mol. The molecule has 0 atom stereocenters. The standard InChI is InChI=1S/C30H34F6N2OS4/c1-21-11-13-25(23(9-5-3-7-15-40-19-37)27(21)42-17-29(31,32)33)39-26-14-12-22(2)28(43-18-30(34,35)36)24(26)10-6-4-8-16-41-20-38/h11-14H,3-10,15-18H2,1-2H3. The van der Waals surface area contributed by atoms with Crippen LogP contribution in [0.2, 0.25) is 0 Å². The van der Waals surface area contributed by atoms with Gasteiger partial charge in [-0.25, -0.2) is 0 Å². The summed E-state index contributed by atoms with van der Waals surface area (Å²) in [5.41, 5.74) is 2.67. The highest BCUT2D eigenvalue weighted by Crippen LogP contribution is 2.42. The third-order valence-electron chi connectivity index (χ3n) is 6.28. The lowest BCUT2D eigenvalue weighted by Crippen LogP contribution is -2.12. The Morgan fingerprint density at radius 3 is 1.37 bits per heavy atom. The number of hydrogen-bond donors (Lipinski definition) is 0. The van der Waals surface area contributed by atoms with E-state index in [0.717, 1.165) is 49.2 Å². The van der Waals surface area contributed by atoms with Gasteiger partial charge in [0.25, 0.3) is 0 Å². The van der Waals surface area contributed by atoms with Crippen LogP contribution in [0.3, 0.4) is 0 Å². The van der Waals surface area contributed by atoms with Crippen molar-refractivity contribution < 1.29 is 31.1 Å². The van der Waals surface area contributed by atoms with E-state index in [1.165, 1.54) is 0 Å². The van der Waals surface area contributed by atoms with Crippen molar-refractivity contribution in [2.75, 3.05) is 23.0 Å². The van der Waals surface area contributed by atoms with E-state index in [0.29, 0.717) is 104 Å². The predicted molar refractivity (Wildman–Crippen MR) is 167 cm³/mol. The predicted octanol–water partition coefficient (Wildman–Crippen LogP) is 11.3. The zero-order chi connectivity index (χ0) is 31.9. The number of halogens is 6. The van der Waals surface area contributed by atoms with Gasteiger partial charge in [0.1, 0.15) is 22.3 Å². The maximum atomic E-state index is 13.2. The molecule has 0 saturated heterocycles. The molecule has 3 nitrogen and oxygen atoms in total. The minimum Gasteiger partial charge on any atom is -0.457 e. The Bertz CT molecular complexity index is 1160.